The number of methoxy groups -OCH3 is 1. The van der Waals surface area contributed by atoms with E-state index in [9.17, 15) is 14.4 Å². The molecule has 1 aliphatic rings. The molecule has 0 N–H and O–H groups in total. The third-order valence-corrected chi connectivity index (χ3v) is 4.42. The molecule has 0 bridgehead atoms. The van der Waals surface area contributed by atoms with Crippen molar-refractivity contribution in [2.75, 3.05) is 20.3 Å². The second-order valence-corrected chi connectivity index (χ2v) is 6.44. The van der Waals surface area contributed by atoms with Gasteiger partial charge in [-0.2, -0.15) is 0 Å². The molecule has 0 aliphatic carbocycles. The fourth-order valence-electron chi connectivity index (χ4n) is 3.02. The Labute approximate surface area is 160 Å². The average Bonchev–Trinajstić information content (AvgIpc) is 2.92. The highest BCUT2D eigenvalue weighted by molar-refractivity contribution is 6.15. The SMILES string of the molecule is CCOC(=O)CCCCCCN1C(=O)CC(=Cc2cccc(OC)c2)C1=O. The summed E-state index contributed by atoms with van der Waals surface area (Å²) in [5.41, 5.74) is 1.35. The van der Waals surface area contributed by atoms with Crippen LogP contribution < -0.4 is 4.74 Å². The smallest absolute Gasteiger partial charge is 0.305 e. The van der Waals surface area contributed by atoms with E-state index in [4.69, 9.17) is 9.47 Å². The molecule has 0 aromatic heterocycles. The summed E-state index contributed by atoms with van der Waals surface area (Å²) in [5, 5.41) is 0. The largest absolute Gasteiger partial charge is 0.497 e. The zero-order chi connectivity index (χ0) is 19.6. The lowest BCUT2D eigenvalue weighted by Crippen LogP contribution is -2.30. The number of nitrogens with zero attached hydrogens (tertiary/aromatic N) is 1. The summed E-state index contributed by atoms with van der Waals surface area (Å²) >= 11 is 0. The van der Waals surface area contributed by atoms with Crippen molar-refractivity contribution in [3.63, 3.8) is 0 Å². The highest BCUT2D eigenvalue weighted by Gasteiger charge is 2.33. The second kappa shape index (κ2) is 10.5. The van der Waals surface area contributed by atoms with Crippen molar-refractivity contribution < 1.29 is 23.9 Å². The highest BCUT2D eigenvalue weighted by Crippen LogP contribution is 2.23. The summed E-state index contributed by atoms with van der Waals surface area (Å²) in [5.74, 6) is 0.172. The van der Waals surface area contributed by atoms with Gasteiger partial charge in [0, 0.05) is 18.5 Å². The van der Waals surface area contributed by atoms with Crippen molar-refractivity contribution in [1.82, 2.24) is 4.90 Å². The molecule has 0 saturated carbocycles. The Bertz CT molecular complexity index is 710. The number of likely N-dealkylation sites (tertiary alicyclic amines) is 1. The zero-order valence-corrected chi connectivity index (χ0v) is 16.0. The van der Waals surface area contributed by atoms with Gasteiger partial charge in [0.15, 0.2) is 0 Å². The Morgan fingerprint density at radius 1 is 1.19 bits per heavy atom. The molecule has 1 fully saturated rings. The first-order valence-corrected chi connectivity index (χ1v) is 9.40. The van der Waals surface area contributed by atoms with Crippen LogP contribution in [0.5, 0.6) is 5.75 Å². The van der Waals surface area contributed by atoms with E-state index in [1.54, 1.807) is 20.1 Å². The lowest BCUT2D eigenvalue weighted by atomic mass is 10.1. The number of amides is 2. The van der Waals surface area contributed by atoms with E-state index in [2.05, 4.69) is 0 Å². The lowest BCUT2D eigenvalue weighted by molar-refractivity contribution is -0.143. The topological polar surface area (TPSA) is 72.9 Å². The molecule has 0 atom stereocenters. The average molecular weight is 373 g/mol. The van der Waals surface area contributed by atoms with E-state index in [1.807, 2.05) is 24.3 Å². The Kier molecular flexibility index (Phi) is 8.04. The molecule has 2 amide bonds. The van der Waals surface area contributed by atoms with Gasteiger partial charge in [0.05, 0.1) is 20.1 Å². The highest BCUT2D eigenvalue weighted by atomic mass is 16.5. The molecule has 1 aromatic carbocycles. The molecule has 6 heteroatoms. The van der Waals surface area contributed by atoms with Crippen molar-refractivity contribution in [2.45, 2.75) is 45.4 Å². The molecular formula is C21H27NO5. The molecule has 1 heterocycles. The predicted octanol–water partition coefficient (Wildman–Crippen LogP) is 3.35. The van der Waals surface area contributed by atoms with Crippen LogP contribution in [0.2, 0.25) is 0 Å². The Morgan fingerprint density at radius 3 is 2.70 bits per heavy atom. The Morgan fingerprint density at radius 2 is 1.96 bits per heavy atom. The van der Waals surface area contributed by atoms with E-state index in [0.29, 0.717) is 30.9 Å². The van der Waals surface area contributed by atoms with Crippen LogP contribution in [0.3, 0.4) is 0 Å². The summed E-state index contributed by atoms with van der Waals surface area (Å²) < 4.78 is 10.1. The van der Waals surface area contributed by atoms with E-state index in [-0.39, 0.29) is 24.2 Å². The van der Waals surface area contributed by atoms with Crippen LogP contribution in [0.4, 0.5) is 0 Å². The van der Waals surface area contributed by atoms with Gasteiger partial charge in [-0.3, -0.25) is 19.3 Å². The molecule has 1 aromatic rings. The number of hydrogen-bond donors (Lipinski definition) is 0. The Hall–Kier alpha value is -2.63. The fourth-order valence-corrected chi connectivity index (χ4v) is 3.02. The first-order valence-electron chi connectivity index (χ1n) is 9.40. The minimum Gasteiger partial charge on any atom is -0.497 e. The summed E-state index contributed by atoms with van der Waals surface area (Å²) in [6.07, 6.45) is 5.56. The van der Waals surface area contributed by atoms with E-state index < -0.39 is 0 Å². The van der Waals surface area contributed by atoms with Crippen LogP contribution in [0.1, 0.15) is 51.0 Å². The predicted molar refractivity (Wildman–Crippen MR) is 102 cm³/mol. The minimum absolute atomic E-state index is 0.138. The molecular weight excluding hydrogens is 346 g/mol. The first kappa shape index (κ1) is 20.7. The number of unbranched alkanes of at least 4 members (excludes halogenated alkanes) is 3. The van der Waals surface area contributed by atoms with Crippen molar-refractivity contribution in [1.29, 1.82) is 0 Å². The molecule has 1 saturated heterocycles. The molecule has 0 unspecified atom stereocenters. The monoisotopic (exact) mass is 373 g/mol. The van der Waals surface area contributed by atoms with Crippen molar-refractivity contribution in [3.8, 4) is 5.75 Å². The molecule has 6 nitrogen and oxygen atoms in total. The summed E-state index contributed by atoms with van der Waals surface area (Å²) in [6.45, 7) is 2.62. The molecule has 0 spiro atoms. The maximum atomic E-state index is 12.5. The van der Waals surface area contributed by atoms with Crippen LogP contribution >= 0.6 is 0 Å². The normalized spacial score (nSPS) is 15.5. The van der Waals surface area contributed by atoms with Gasteiger partial charge in [0.25, 0.3) is 5.91 Å². The van der Waals surface area contributed by atoms with Gasteiger partial charge in [-0.05, 0) is 43.5 Å². The van der Waals surface area contributed by atoms with Gasteiger partial charge in [-0.1, -0.05) is 25.0 Å². The van der Waals surface area contributed by atoms with Crippen LogP contribution in [-0.2, 0) is 19.1 Å². The zero-order valence-electron chi connectivity index (χ0n) is 16.0. The Balaban J connectivity index is 1.80. The van der Waals surface area contributed by atoms with Crippen molar-refractivity contribution in [2.24, 2.45) is 0 Å². The van der Waals surface area contributed by atoms with Gasteiger partial charge in [0.1, 0.15) is 5.75 Å². The van der Waals surface area contributed by atoms with E-state index >= 15 is 0 Å². The van der Waals surface area contributed by atoms with Crippen LogP contribution in [0.25, 0.3) is 6.08 Å². The number of esters is 1. The number of rotatable bonds is 10. The number of imide groups is 1. The molecule has 1 aliphatic heterocycles. The number of hydrogen-bond acceptors (Lipinski definition) is 5. The van der Waals surface area contributed by atoms with E-state index in [0.717, 1.165) is 31.2 Å². The number of benzene rings is 1. The maximum Gasteiger partial charge on any atom is 0.305 e. The van der Waals surface area contributed by atoms with Crippen LogP contribution in [0, 0.1) is 0 Å². The fraction of sp³-hybridized carbons (Fsp3) is 0.476. The summed E-state index contributed by atoms with van der Waals surface area (Å²) in [4.78, 5) is 37.3. The molecule has 0 radical (unpaired) electrons. The second-order valence-electron chi connectivity index (χ2n) is 6.44. The maximum absolute atomic E-state index is 12.5. The molecule has 146 valence electrons. The summed E-state index contributed by atoms with van der Waals surface area (Å²) in [7, 11) is 1.59. The van der Waals surface area contributed by atoms with Gasteiger partial charge in [0.2, 0.25) is 5.91 Å². The third-order valence-electron chi connectivity index (χ3n) is 4.42. The van der Waals surface area contributed by atoms with Gasteiger partial charge in [-0.15, -0.1) is 0 Å². The van der Waals surface area contributed by atoms with E-state index in [1.165, 1.54) is 4.90 Å². The molecule has 27 heavy (non-hydrogen) atoms. The number of carbonyl (C=O) groups excluding carboxylic acids is 3. The molecule has 2 rings (SSSR count). The lowest BCUT2D eigenvalue weighted by Gasteiger charge is -2.13. The van der Waals surface area contributed by atoms with Crippen molar-refractivity contribution in [3.05, 3.63) is 35.4 Å². The van der Waals surface area contributed by atoms with Gasteiger partial charge in [-0.25, -0.2) is 0 Å². The quantitative estimate of drug-likeness (QED) is 0.272. The number of ether oxygens (including phenoxy) is 2. The standard InChI is InChI=1S/C21H27NO5/c1-3-27-20(24)11-6-4-5-7-12-22-19(23)15-17(21(22)25)13-16-9-8-10-18(14-16)26-2/h8-10,13-14H,3-7,11-12,15H2,1-2H3. The number of carbonyl (C=O) groups is 3. The minimum atomic E-state index is -0.214. The van der Waals surface area contributed by atoms with Crippen LogP contribution in [-0.4, -0.2) is 42.9 Å². The van der Waals surface area contributed by atoms with Crippen molar-refractivity contribution >= 4 is 23.9 Å². The van der Waals surface area contributed by atoms with Gasteiger partial charge >= 0.3 is 5.97 Å². The first-order chi connectivity index (χ1) is 13.0. The third kappa shape index (κ3) is 6.24. The van der Waals surface area contributed by atoms with Gasteiger partial charge < -0.3 is 9.47 Å². The summed E-state index contributed by atoms with van der Waals surface area (Å²) in [6, 6.07) is 7.38. The van der Waals surface area contributed by atoms with Crippen LogP contribution in [0.15, 0.2) is 29.8 Å².